The molecule has 160 valence electrons. The molecule has 0 spiro atoms. The summed E-state index contributed by atoms with van der Waals surface area (Å²) < 4.78 is 27.7. The minimum absolute atomic E-state index is 0.0187. The summed E-state index contributed by atoms with van der Waals surface area (Å²) in [6.45, 7) is 3.67. The number of rotatable bonds is 6. The Hall–Kier alpha value is -2.38. The monoisotopic (exact) mass is 427 g/mol. The van der Waals surface area contributed by atoms with Gasteiger partial charge in [0.05, 0.1) is 5.75 Å². The number of sulfonamides is 1. The molecule has 2 aromatic rings. The van der Waals surface area contributed by atoms with E-state index >= 15 is 0 Å². The maximum atomic E-state index is 13.1. The predicted octanol–water partition coefficient (Wildman–Crippen LogP) is 3.09. The highest BCUT2D eigenvalue weighted by molar-refractivity contribution is 7.91. The van der Waals surface area contributed by atoms with Gasteiger partial charge in [-0.1, -0.05) is 36.4 Å². The van der Waals surface area contributed by atoms with Gasteiger partial charge in [-0.25, -0.2) is 8.42 Å². The Labute approximate surface area is 178 Å². The molecule has 2 atom stereocenters. The zero-order valence-corrected chi connectivity index (χ0v) is 17.9. The topological polar surface area (TPSA) is 78.5 Å². The number of hydrogen-bond acceptors (Lipinski definition) is 4. The second kappa shape index (κ2) is 9.18. The minimum atomic E-state index is -3.56. The van der Waals surface area contributed by atoms with E-state index in [-0.39, 0.29) is 11.7 Å². The van der Waals surface area contributed by atoms with E-state index in [4.69, 9.17) is 0 Å². The highest BCUT2D eigenvalue weighted by Crippen LogP contribution is 2.29. The van der Waals surface area contributed by atoms with Crippen molar-refractivity contribution in [2.24, 2.45) is 11.8 Å². The zero-order chi connectivity index (χ0) is 21.0. The average Bonchev–Trinajstić information content (AvgIpc) is 3.28. The van der Waals surface area contributed by atoms with E-state index in [9.17, 15) is 13.2 Å². The van der Waals surface area contributed by atoms with Crippen LogP contribution in [0.15, 0.2) is 54.6 Å². The molecular weight excluding hydrogens is 398 g/mol. The number of carbonyl (C=O) groups excluding carboxylic acids is 1. The van der Waals surface area contributed by atoms with Crippen LogP contribution in [0.1, 0.15) is 35.2 Å². The maximum Gasteiger partial charge on any atom is 0.253 e. The second-order valence-corrected chi connectivity index (χ2v) is 10.1. The van der Waals surface area contributed by atoms with Gasteiger partial charge in [0.2, 0.25) is 10.0 Å². The zero-order valence-electron chi connectivity index (χ0n) is 17.1. The van der Waals surface area contributed by atoms with Gasteiger partial charge in [0.25, 0.3) is 5.91 Å². The van der Waals surface area contributed by atoms with Gasteiger partial charge in [0, 0.05) is 24.3 Å². The van der Waals surface area contributed by atoms with Gasteiger partial charge in [-0.05, 0) is 68.0 Å². The van der Waals surface area contributed by atoms with Crippen molar-refractivity contribution < 1.29 is 13.2 Å². The summed E-state index contributed by atoms with van der Waals surface area (Å²) in [7, 11) is -3.56. The number of piperidine rings is 1. The Morgan fingerprint density at radius 2 is 1.90 bits per heavy atom. The number of nitrogens with one attached hydrogen (secondary N) is 2. The lowest BCUT2D eigenvalue weighted by Gasteiger charge is -2.35. The maximum absolute atomic E-state index is 13.1. The van der Waals surface area contributed by atoms with Crippen LogP contribution in [0.3, 0.4) is 0 Å². The van der Waals surface area contributed by atoms with Crippen LogP contribution in [0.5, 0.6) is 0 Å². The largest absolute Gasteiger partial charge is 0.338 e. The Bertz CT molecular complexity index is 972. The normalized spacial score (nSPS) is 22.1. The van der Waals surface area contributed by atoms with Gasteiger partial charge in [-0.3, -0.25) is 9.52 Å². The van der Waals surface area contributed by atoms with Crippen LogP contribution in [0.2, 0.25) is 0 Å². The van der Waals surface area contributed by atoms with Crippen LogP contribution in [0.4, 0.5) is 5.69 Å². The summed E-state index contributed by atoms with van der Waals surface area (Å²) in [6, 6.07) is 15.9. The third kappa shape index (κ3) is 5.21. The molecule has 2 aliphatic heterocycles. The van der Waals surface area contributed by atoms with E-state index < -0.39 is 10.0 Å². The molecule has 0 radical (unpaired) electrons. The van der Waals surface area contributed by atoms with Gasteiger partial charge in [0.1, 0.15) is 0 Å². The molecule has 4 rings (SSSR count). The van der Waals surface area contributed by atoms with Crippen LogP contribution in [-0.2, 0) is 15.8 Å². The number of nitrogens with zero attached hydrogens (tertiary/aromatic N) is 1. The molecule has 2 saturated heterocycles. The molecule has 7 heteroatoms. The third-order valence-electron chi connectivity index (χ3n) is 6.09. The number of carbonyl (C=O) groups is 1. The first-order valence-electron chi connectivity index (χ1n) is 10.6. The van der Waals surface area contributed by atoms with E-state index in [0.717, 1.165) is 38.2 Å². The number of anilines is 1. The first-order chi connectivity index (χ1) is 14.5. The summed E-state index contributed by atoms with van der Waals surface area (Å²) in [5.74, 6) is 1.08. The number of benzene rings is 2. The summed E-state index contributed by atoms with van der Waals surface area (Å²) >= 11 is 0. The van der Waals surface area contributed by atoms with Gasteiger partial charge < -0.3 is 10.2 Å². The van der Waals surface area contributed by atoms with E-state index in [1.54, 1.807) is 36.4 Å². The van der Waals surface area contributed by atoms with Crippen LogP contribution in [0, 0.1) is 11.8 Å². The molecule has 2 unspecified atom stereocenters. The summed E-state index contributed by atoms with van der Waals surface area (Å²) in [5.41, 5.74) is 1.67. The lowest BCUT2D eigenvalue weighted by atomic mass is 9.84. The fourth-order valence-electron chi connectivity index (χ4n) is 4.57. The Morgan fingerprint density at radius 1 is 1.07 bits per heavy atom. The fourth-order valence-corrected chi connectivity index (χ4v) is 5.76. The van der Waals surface area contributed by atoms with Crippen molar-refractivity contribution in [3.8, 4) is 0 Å². The molecular formula is C23H29N3O3S. The molecule has 6 nitrogen and oxygen atoms in total. The van der Waals surface area contributed by atoms with Crippen molar-refractivity contribution in [2.75, 3.05) is 30.9 Å². The molecule has 2 fully saturated rings. The van der Waals surface area contributed by atoms with Gasteiger partial charge in [-0.15, -0.1) is 0 Å². The first kappa shape index (κ1) is 20.9. The van der Waals surface area contributed by atoms with Crippen LogP contribution in [0.25, 0.3) is 0 Å². The number of hydrogen-bond donors (Lipinski definition) is 2. The average molecular weight is 428 g/mol. The van der Waals surface area contributed by atoms with Crippen molar-refractivity contribution in [1.29, 1.82) is 0 Å². The quantitative estimate of drug-likeness (QED) is 0.743. The SMILES string of the molecule is O=C(c1cccc(NS(=O)(=O)Cc2ccccc2)c1)N1CCCC(C2CCNC2)C1. The minimum Gasteiger partial charge on any atom is -0.338 e. The van der Waals surface area contributed by atoms with Crippen LogP contribution >= 0.6 is 0 Å². The Morgan fingerprint density at radius 3 is 2.67 bits per heavy atom. The lowest BCUT2D eigenvalue weighted by molar-refractivity contribution is 0.0634. The van der Waals surface area contributed by atoms with Crippen LogP contribution in [-0.4, -0.2) is 45.4 Å². The van der Waals surface area contributed by atoms with E-state index in [1.165, 1.54) is 12.8 Å². The smallest absolute Gasteiger partial charge is 0.253 e. The van der Waals surface area contributed by atoms with E-state index in [2.05, 4.69) is 10.0 Å². The van der Waals surface area contributed by atoms with Gasteiger partial charge >= 0.3 is 0 Å². The number of amides is 1. The molecule has 0 aliphatic carbocycles. The summed E-state index contributed by atoms with van der Waals surface area (Å²) in [5, 5.41) is 3.42. The molecule has 1 amide bonds. The molecule has 30 heavy (non-hydrogen) atoms. The fraction of sp³-hybridized carbons (Fsp3) is 0.435. The van der Waals surface area contributed by atoms with Crippen LogP contribution < -0.4 is 10.0 Å². The van der Waals surface area contributed by atoms with Gasteiger partial charge in [-0.2, -0.15) is 0 Å². The van der Waals surface area contributed by atoms with Crippen molar-refractivity contribution in [3.05, 3.63) is 65.7 Å². The van der Waals surface area contributed by atoms with Crippen molar-refractivity contribution in [2.45, 2.75) is 25.0 Å². The molecule has 0 saturated carbocycles. The predicted molar refractivity (Wildman–Crippen MR) is 119 cm³/mol. The van der Waals surface area contributed by atoms with Crippen molar-refractivity contribution in [3.63, 3.8) is 0 Å². The Kier molecular flexibility index (Phi) is 6.39. The second-order valence-electron chi connectivity index (χ2n) is 8.33. The highest BCUT2D eigenvalue weighted by Gasteiger charge is 2.31. The standard InChI is InChI=1S/C23H29N3O3S/c27-23(26-13-5-9-21(16-26)20-11-12-24-15-20)19-8-4-10-22(14-19)25-30(28,29)17-18-6-2-1-3-7-18/h1-4,6-8,10,14,20-21,24-25H,5,9,11-13,15-17H2. The van der Waals surface area contributed by atoms with Crippen molar-refractivity contribution >= 4 is 21.6 Å². The van der Waals surface area contributed by atoms with Gasteiger partial charge in [0.15, 0.2) is 0 Å². The summed E-state index contributed by atoms with van der Waals surface area (Å²) in [4.78, 5) is 15.0. The third-order valence-corrected chi connectivity index (χ3v) is 7.35. The molecule has 0 aromatic heterocycles. The first-order valence-corrected chi connectivity index (χ1v) is 12.3. The summed E-state index contributed by atoms with van der Waals surface area (Å²) in [6.07, 6.45) is 3.39. The lowest BCUT2D eigenvalue weighted by Crippen LogP contribution is -2.42. The molecule has 2 heterocycles. The molecule has 2 aliphatic rings. The molecule has 2 aromatic carbocycles. The molecule has 2 N–H and O–H groups in total. The highest BCUT2D eigenvalue weighted by atomic mass is 32.2. The Balaban J connectivity index is 1.42. The number of likely N-dealkylation sites (tertiary alicyclic amines) is 1. The molecule has 0 bridgehead atoms. The van der Waals surface area contributed by atoms with Crippen molar-refractivity contribution in [1.82, 2.24) is 10.2 Å². The van der Waals surface area contributed by atoms with E-state index in [0.29, 0.717) is 23.1 Å². The van der Waals surface area contributed by atoms with E-state index in [1.807, 2.05) is 23.1 Å².